The number of nitrogens with zero attached hydrogens (tertiary/aromatic N) is 4. The molecule has 1 N–H and O–H groups in total. The fourth-order valence-electron chi connectivity index (χ4n) is 2.87. The Labute approximate surface area is 185 Å². The van der Waals surface area contributed by atoms with Gasteiger partial charge >= 0.3 is 12.3 Å². The molecule has 0 bridgehead atoms. The highest BCUT2D eigenvalue weighted by Crippen LogP contribution is 2.28. The minimum atomic E-state index is -4.31. The largest absolute Gasteiger partial charge is 0.470 e. The third-order valence-corrected chi connectivity index (χ3v) is 4.54. The highest BCUT2D eigenvalue weighted by atomic mass is 35.5. The van der Waals surface area contributed by atoms with Gasteiger partial charge in [0.15, 0.2) is 6.61 Å². The Kier molecular flexibility index (Phi) is 7.17. The molecule has 0 aliphatic carbocycles. The number of nitrogens with one attached hydrogen (secondary N) is 1. The van der Waals surface area contributed by atoms with Crippen LogP contribution >= 0.6 is 11.6 Å². The van der Waals surface area contributed by atoms with Gasteiger partial charge in [0.05, 0.1) is 24.2 Å². The molecule has 0 fully saturated rings. The van der Waals surface area contributed by atoms with E-state index in [2.05, 4.69) is 25.1 Å². The average molecular weight is 474 g/mol. The van der Waals surface area contributed by atoms with Crippen LogP contribution in [0.4, 0.5) is 17.6 Å². The molecule has 0 unspecified atom stereocenters. The van der Waals surface area contributed by atoms with Crippen molar-refractivity contribution in [3.8, 4) is 5.88 Å². The minimum Gasteiger partial charge on any atom is -0.470 e. The number of rotatable bonds is 9. The van der Waals surface area contributed by atoms with E-state index >= 15 is 0 Å². The van der Waals surface area contributed by atoms with E-state index < -0.39 is 19.0 Å². The summed E-state index contributed by atoms with van der Waals surface area (Å²) in [4.78, 5) is 20.2. The first kappa shape index (κ1) is 23.7. The molecule has 0 saturated heterocycles. The van der Waals surface area contributed by atoms with Crippen molar-refractivity contribution < 1.29 is 27.1 Å². The maximum absolute atomic E-state index is 13.0. The molecule has 172 valence electrons. The Balaban J connectivity index is 1.73. The molecule has 0 saturated carbocycles. The number of ether oxygens (including phenoxy) is 1. The molecule has 7 nitrogen and oxygen atoms in total. The maximum atomic E-state index is 13.0. The van der Waals surface area contributed by atoms with Crippen LogP contribution in [0.25, 0.3) is 10.9 Å². The van der Waals surface area contributed by atoms with Crippen molar-refractivity contribution in [2.24, 2.45) is 0 Å². The molecule has 3 rings (SSSR count). The second kappa shape index (κ2) is 9.68. The van der Waals surface area contributed by atoms with Gasteiger partial charge in [0, 0.05) is 30.0 Å². The van der Waals surface area contributed by atoms with Gasteiger partial charge in [-0.15, -0.1) is 0 Å². The molecule has 12 heteroatoms. The van der Waals surface area contributed by atoms with Crippen LogP contribution in [0.3, 0.4) is 0 Å². The normalized spacial score (nSPS) is 12.0. The summed E-state index contributed by atoms with van der Waals surface area (Å²) in [5.74, 6) is -4.84. The number of hydrogen-bond acceptors (Lipinski definition) is 5. The molecule has 0 aliphatic heterocycles. The number of fused-ring (bicyclic) bond motifs is 1. The Bertz CT molecular complexity index is 1110. The van der Waals surface area contributed by atoms with Crippen molar-refractivity contribution in [2.45, 2.75) is 45.2 Å². The molecule has 32 heavy (non-hydrogen) atoms. The van der Waals surface area contributed by atoms with Crippen LogP contribution in [-0.2, 0) is 17.8 Å². The van der Waals surface area contributed by atoms with Crippen LogP contribution in [0, 0.1) is 0 Å². The molecule has 3 heterocycles. The quantitative estimate of drug-likeness (QED) is 0.477. The zero-order valence-corrected chi connectivity index (χ0v) is 17.9. The lowest BCUT2D eigenvalue weighted by atomic mass is 10.2. The van der Waals surface area contributed by atoms with Crippen LogP contribution in [-0.4, -0.2) is 50.7 Å². The van der Waals surface area contributed by atoms with Gasteiger partial charge in [-0.3, -0.25) is 14.5 Å². The number of alkyl halides is 4. The number of halogens is 5. The van der Waals surface area contributed by atoms with Crippen molar-refractivity contribution in [3.05, 3.63) is 47.0 Å². The lowest BCUT2D eigenvalue weighted by Crippen LogP contribution is -2.34. The monoisotopic (exact) mass is 473 g/mol. The van der Waals surface area contributed by atoms with Crippen molar-refractivity contribution in [1.82, 2.24) is 25.1 Å². The van der Waals surface area contributed by atoms with Crippen molar-refractivity contribution in [1.29, 1.82) is 0 Å². The number of carbonyl (C=O) groups excluding carboxylic acids is 1. The van der Waals surface area contributed by atoms with E-state index in [1.807, 2.05) is 13.8 Å². The van der Waals surface area contributed by atoms with Gasteiger partial charge in [-0.1, -0.05) is 11.6 Å². The van der Waals surface area contributed by atoms with E-state index in [0.29, 0.717) is 22.2 Å². The van der Waals surface area contributed by atoms with Gasteiger partial charge in [-0.25, -0.2) is 13.8 Å². The van der Waals surface area contributed by atoms with Gasteiger partial charge < -0.3 is 10.1 Å². The molecular weight excluding hydrogens is 454 g/mol. The number of aromatic nitrogens is 4. The number of carbonyl (C=O) groups is 1. The Hall–Kier alpha value is -2.95. The minimum absolute atomic E-state index is 0.00947. The van der Waals surface area contributed by atoms with Crippen LogP contribution in [0.15, 0.2) is 30.7 Å². The molecule has 1 amide bonds. The summed E-state index contributed by atoms with van der Waals surface area (Å²) < 4.78 is 56.8. The van der Waals surface area contributed by atoms with E-state index in [1.165, 1.54) is 12.3 Å². The molecule has 3 aromatic heterocycles. The fourth-order valence-corrected chi connectivity index (χ4v) is 3.11. The summed E-state index contributed by atoms with van der Waals surface area (Å²) in [6, 6.07) is 3.14. The lowest BCUT2D eigenvalue weighted by Gasteiger charge is -2.16. The predicted octanol–water partition coefficient (Wildman–Crippen LogP) is 3.87. The third kappa shape index (κ3) is 5.84. The molecule has 0 aromatic carbocycles. The number of hydrogen-bond donors (Lipinski definition) is 1. The molecule has 0 spiro atoms. The Morgan fingerprint density at radius 3 is 2.72 bits per heavy atom. The third-order valence-electron chi connectivity index (χ3n) is 4.27. The summed E-state index contributed by atoms with van der Waals surface area (Å²) in [6.07, 6.45) is 0.859. The second-order valence-electron chi connectivity index (χ2n) is 7.40. The molecule has 0 radical (unpaired) electrons. The summed E-state index contributed by atoms with van der Waals surface area (Å²) in [5, 5.41) is 7.86. The van der Waals surface area contributed by atoms with Gasteiger partial charge in [-0.2, -0.15) is 13.9 Å². The van der Waals surface area contributed by atoms with Gasteiger partial charge in [-0.05, 0) is 31.5 Å². The molecule has 0 aliphatic rings. The maximum Gasteiger partial charge on any atom is 0.340 e. The van der Waals surface area contributed by atoms with E-state index in [-0.39, 0.29) is 35.8 Å². The SMILES string of the molecule is CC(C)NC(=O)Cc1nccc2nn(Cc3cnc(OCC(F)(F)C(F)F)c(Cl)c3)cc12. The first-order valence-electron chi connectivity index (χ1n) is 9.58. The summed E-state index contributed by atoms with van der Waals surface area (Å²) in [6.45, 7) is 2.42. The highest BCUT2D eigenvalue weighted by molar-refractivity contribution is 6.31. The zero-order chi connectivity index (χ0) is 23.5. The van der Waals surface area contributed by atoms with E-state index in [9.17, 15) is 22.4 Å². The van der Waals surface area contributed by atoms with Gasteiger partial charge in [0.25, 0.3) is 0 Å². The fraction of sp³-hybridized carbons (Fsp3) is 0.400. The highest BCUT2D eigenvalue weighted by Gasteiger charge is 2.42. The van der Waals surface area contributed by atoms with E-state index in [0.717, 1.165) is 0 Å². The predicted molar refractivity (Wildman–Crippen MR) is 109 cm³/mol. The van der Waals surface area contributed by atoms with Crippen molar-refractivity contribution in [2.75, 3.05) is 6.61 Å². The average Bonchev–Trinajstić information content (AvgIpc) is 3.10. The van der Waals surface area contributed by atoms with E-state index in [4.69, 9.17) is 11.6 Å². The van der Waals surface area contributed by atoms with Crippen molar-refractivity contribution in [3.63, 3.8) is 0 Å². The zero-order valence-electron chi connectivity index (χ0n) is 17.2. The molecular formula is C20H20ClF4N5O2. The smallest absolute Gasteiger partial charge is 0.340 e. The molecule has 0 atom stereocenters. The summed E-state index contributed by atoms with van der Waals surface area (Å²) in [5.41, 5.74) is 1.79. The Morgan fingerprint density at radius 2 is 2.06 bits per heavy atom. The van der Waals surface area contributed by atoms with Gasteiger partial charge in [0.2, 0.25) is 11.8 Å². The second-order valence-corrected chi connectivity index (χ2v) is 7.80. The summed E-state index contributed by atoms with van der Waals surface area (Å²) >= 11 is 6.00. The first-order chi connectivity index (χ1) is 15.0. The van der Waals surface area contributed by atoms with Crippen LogP contribution < -0.4 is 10.1 Å². The van der Waals surface area contributed by atoms with Crippen LogP contribution in [0.2, 0.25) is 5.02 Å². The topological polar surface area (TPSA) is 81.9 Å². The number of pyridine rings is 2. The number of amides is 1. The summed E-state index contributed by atoms with van der Waals surface area (Å²) in [7, 11) is 0. The Morgan fingerprint density at radius 1 is 1.31 bits per heavy atom. The molecule has 3 aromatic rings. The lowest BCUT2D eigenvalue weighted by molar-refractivity contribution is -0.148. The van der Waals surface area contributed by atoms with Gasteiger partial charge in [0.1, 0.15) is 5.02 Å². The van der Waals surface area contributed by atoms with Crippen LogP contribution in [0.5, 0.6) is 5.88 Å². The standard InChI is InChI=1S/C20H20ClF4N5O2/c1-11(2)28-17(31)6-16-13-9-30(29-15(13)3-4-26-16)8-12-5-14(21)18(27-7-12)32-10-20(24,25)19(22)23/h3-5,7,9,11,19H,6,8,10H2,1-2H3,(H,28,31). The first-order valence-corrected chi connectivity index (χ1v) is 9.96. The van der Waals surface area contributed by atoms with E-state index in [1.54, 1.807) is 23.1 Å². The van der Waals surface area contributed by atoms with Crippen LogP contribution in [0.1, 0.15) is 25.1 Å². The van der Waals surface area contributed by atoms with Crippen molar-refractivity contribution >= 4 is 28.4 Å².